The molecule has 2 saturated heterocycles. The van der Waals surface area contributed by atoms with Gasteiger partial charge in [0.25, 0.3) is 5.91 Å². The van der Waals surface area contributed by atoms with Gasteiger partial charge in [-0.3, -0.25) is 14.5 Å². The monoisotopic (exact) mass is 336 g/mol. The summed E-state index contributed by atoms with van der Waals surface area (Å²) in [5, 5.41) is 19.2. The lowest BCUT2D eigenvalue weighted by atomic mass is 9.86. The van der Waals surface area contributed by atoms with Crippen LogP contribution in [0.3, 0.4) is 0 Å². The molecule has 0 radical (unpaired) electrons. The van der Waals surface area contributed by atoms with Gasteiger partial charge < -0.3 is 14.9 Å². The quantitative estimate of drug-likeness (QED) is 0.729. The van der Waals surface area contributed by atoms with Crippen LogP contribution in [0.15, 0.2) is 6.20 Å². The largest absolute Gasteiger partial charge is 0.395 e. The van der Waals surface area contributed by atoms with E-state index in [1.165, 1.54) is 6.20 Å². The molecule has 132 valence electrons. The Labute approximate surface area is 140 Å². The molecule has 2 amide bonds. The number of β-amino-alcohol motifs (C(OH)–C–C–N with tert-alkyl or cyclic N) is 1. The van der Waals surface area contributed by atoms with Gasteiger partial charge in [-0.25, -0.2) is 0 Å². The van der Waals surface area contributed by atoms with Gasteiger partial charge in [0.15, 0.2) is 5.69 Å². The fourth-order valence-electron chi connectivity index (χ4n) is 3.69. The van der Waals surface area contributed by atoms with Gasteiger partial charge in [0.2, 0.25) is 5.91 Å². The first-order valence-corrected chi connectivity index (χ1v) is 8.31. The highest BCUT2D eigenvalue weighted by Crippen LogP contribution is 2.32. The highest BCUT2D eigenvalue weighted by Gasteiger charge is 2.43. The first kappa shape index (κ1) is 16.8. The molecular weight excluding hydrogens is 312 g/mol. The van der Waals surface area contributed by atoms with Crippen molar-refractivity contribution in [1.82, 2.24) is 30.1 Å². The number of carbonyl (C=O) groups is 2. The highest BCUT2D eigenvalue weighted by atomic mass is 16.3. The minimum absolute atomic E-state index is 0.0225. The summed E-state index contributed by atoms with van der Waals surface area (Å²) in [5.41, 5.74) is 0.110. The number of likely N-dealkylation sites (N-methyl/N-ethyl adjacent to an activating group) is 1. The molecule has 3 heterocycles. The maximum absolute atomic E-state index is 12.6. The molecule has 0 saturated carbocycles. The number of aromatic nitrogens is 3. The third kappa shape index (κ3) is 3.13. The third-order valence-electron chi connectivity index (χ3n) is 5.30. The number of rotatable bonds is 3. The Morgan fingerprint density at radius 3 is 2.92 bits per heavy atom. The van der Waals surface area contributed by atoms with Gasteiger partial charge in [-0.15, -0.1) is 0 Å². The van der Waals surface area contributed by atoms with Gasteiger partial charge >= 0.3 is 0 Å². The molecule has 9 nitrogen and oxygen atoms in total. The van der Waals surface area contributed by atoms with Crippen LogP contribution in [0, 0.1) is 0 Å². The van der Waals surface area contributed by atoms with E-state index in [0.29, 0.717) is 44.7 Å². The maximum atomic E-state index is 12.6. The summed E-state index contributed by atoms with van der Waals surface area (Å²) in [5.74, 6) is -0.0479. The fraction of sp³-hybridized carbons (Fsp3) is 0.733. The molecule has 1 aromatic rings. The van der Waals surface area contributed by atoms with E-state index in [4.69, 9.17) is 5.11 Å². The van der Waals surface area contributed by atoms with Crippen LogP contribution >= 0.6 is 0 Å². The number of amides is 2. The molecular formula is C15H24N6O3. The van der Waals surface area contributed by atoms with Crippen LogP contribution in [0.2, 0.25) is 0 Å². The number of H-pyrrole nitrogens is 1. The molecule has 0 unspecified atom stereocenters. The van der Waals surface area contributed by atoms with E-state index in [9.17, 15) is 9.59 Å². The van der Waals surface area contributed by atoms with Gasteiger partial charge in [0.05, 0.1) is 12.8 Å². The Kier molecular flexibility index (Phi) is 4.81. The number of aromatic amines is 1. The van der Waals surface area contributed by atoms with Crippen LogP contribution in [0.4, 0.5) is 0 Å². The summed E-state index contributed by atoms with van der Waals surface area (Å²) in [6.45, 7) is 2.94. The molecule has 24 heavy (non-hydrogen) atoms. The smallest absolute Gasteiger partial charge is 0.276 e. The minimum Gasteiger partial charge on any atom is -0.395 e. The molecule has 0 aliphatic carbocycles. The predicted octanol–water partition coefficient (Wildman–Crippen LogP) is -1.06. The molecule has 2 N–H and O–H groups in total. The topological polar surface area (TPSA) is 106 Å². The number of aliphatic hydroxyl groups is 1. The van der Waals surface area contributed by atoms with E-state index in [1.807, 2.05) is 4.90 Å². The van der Waals surface area contributed by atoms with Gasteiger partial charge in [-0.05, 0) is 19.9 Å². The molecule has 1 atom stereocenters. The Morgan fingerprint density at radius 2 is 2.21 bits per heavy atom. The summed E-state index contributed by atoms with van der Waals surface area (Å²) in [7, 11) is 2.06. The van der Waals surface area contributed by atoms with Crippen LogP contribution in [-0.4, -0.2) is 98.9 Å². The summed E-state index contributed by atoms with van der Waals surface area (Å²) in [4.78, 5) is 30.6. The number of aliphatic hydroxyl groups excluding tert-OH is 1. The second-order valence-corrected chi connectivity index (χ2v) is 6.58. The van der Waals surface area contributed by atoms with Crippen LogP contribution in [0.25, 0.3) is 0 Å². The van der Waals surface area contributed by atoms with Crippen LogP contribution < -0.4 is 0 Å². The van der Waals surface area contributed by atoms with Gasteiger partial charge in [-0.2, -0.15) is 15.4 Å². The number of hydrogen-bond acceptors (Lipinski definition) is 6. The lowest BCUT2D eigenvalue weighted by Gasteiger charge is -2.49. The van der Waals surface area contributed by atoms with E-state index in [-0.39, 0.29) is 24.0 Å². The van der Waals surface area contributed by atoms with E-state index >= 15 is 0 Å². The van der Waals surface area contributed by atoms with E-state index in [2.05, 4.69) is 27.4 Å². The molecule has 2 aliphatic rings. The Hall–Kier alpha value is -2.00. The van der Waals surface area contributed by atoms with Crippen molar-refractivity contribution >= 4 is 11.8 Å². The lowest BCUT2D eigenvalue weighted by Crippen LogP contribution is -2.62. The summed E-state index contributed by atoms with van der Waals surface area (Å²) in [6, 6.07) is 0. The summed E-state index contributed by atoms with van der Waals surface area (Å²) in [6.07, 6.45) is 3.38. The van der Waals surface area contributed by atoms with E-state index < -0.39 is 0 Å². The molecule has 1 aromatic heterocycles. The maximum Gasteiger partial charge on any atom is 0.276 e. The van der Waals surface area contributed by atoms with Gasteiger partial charge in [0.1, 0.15) is 0 Å². The number of nitrogens with zero attached hydrogens (tertiary/aromatic N) is 5. The fourth-order valence-corrected chi connectivity index (χ4v) is 3.69. The van der Waals surface area contributed by atoms with Crippen LogP contribution in [0.1, 0.15) is 29.8 Å². The molecule has 2 aliphatic heterocycles. The van der Waals surface area contributed by atoms with E-state index in [0.717, 1.165) is 13.0 Å². The minimum atomic E-state index is -0.211. The molecule has 2 fully saturated rings. The Morgan fingerprint density at radius 1 is 1.38 bits per heavy atom. The average molecular weight is 336 g/mol. The zero-order valence-corrected chi connectivity index (χ0v) is 13.9. The molecule has 1 spiro atoms. The number of carbonyl (C=O) groups excluding carboxylic acids is 2. The number of piperazine rings is 1. The predicted molar refractivity (Wildman–Crippen MR) is 85.2 cm³/mol. The van der Waals surface area contributed by atoms with Gasteiger partial charge in [0, 0.05) is 44.7 Å². The zero-order valence-electron chi connectivity index (χ0n) is 13.9. The van der Waals surface area contributed by atoms with Crippen molar-refractivity contribution in [1.29, 1.82) is 0 Å². The van der Waals surface area contributed by atoms with Crippen molar-refractivity contribution in [3.63, 3.8) is 0 Å². The van der Waals surface area contributed by atoms with Crippen LogP contribution in [-0.2, 0) is 4.79 Å². The van der Waals surface area contributed by atoms with Crippen LogP contribution in [0.5, 0.6) is 0 Å². The lowest BCUT2D eigenvalue weighted by molar-refractivity contribution is -0.131. The summed E-state index contributed by atoms with van der Waals surface area (Å²) >= 11 is 0. The Balaban J connectivity index is 1.75. The number of hydrogen-bond donors (Lipinski definition) is 2. The van der Waals surface area contributed by atoms with Crippen molar-refractivity contribution in [2.24, 2.45) is 0 Å². The van der Waals surface area contributed by atoms with Crippen molar-refractivity contribution in [2.45, 2.75) is 24.8 Å². The number of likely N-dealkylation sites (tertiary alicyclic amines) is 1. The SMILES string of the molecule is CN1CCN(C(=O)c2cn[nH]n2)C[C@@]12CCC(=O)N(CCO)CC2. The Bertz CT molecular complexity index is 592. The molecule has 3 rings (SSSR count). The standard InChI is InChI=1S/C15H24N6O3/c1-19-6-7-21(14(24)12-10-16-18-17-12)11-15(19)3-2-13(23)20(5-4-15)8-9-22/h10,22H,2-9,11H2,1H3,(H,16,17,18)/t15-/m0/s1. The van der Waals surface area contributed by atoms with Crippen molar-refractivity contribution in [3.05, 3.63) is 11.9 Å². The highest BCUT2D eigenvalue weighted by molar-refractivity contribution is 5.92. The second kappa shape index (κ2) is 6.86. The first-order chi connectivity index (χ1) is 11.6. The average Bonchev–Trinajstić information content (AvgIpc) is 3.07. The normalized spacial score (nSPS) is 26.0. The van der Waals surface area contributed by atoms with Crippen molar-refractivity contribution in [3.8, 4) is 0 Å². The summed E-state index contributed by atoms with van der Waals surface area (Å²) < 4.78 is 0. The van der Waals surface area contributed by atoms with E-state index in [1.54, 1.807) is 4.90 Å². The van der Waals surface area contributed by atoms with Gasteiger partial charge in [-0.1, -0.05) is 0 Å². The molecule has 9 heteroatoms. The molecule has 0 aromatic carbocycles. The van der Waals surface area contributed by atoms with Crippen molar-refractivity contribution in [2.75, 3.05) is 46.4 Å². The zero-order chi connectivity index (χ0) is 17.2. The first-order valence-electron chi connectivity index (χ1n) is 8.31. The van der Waals surface area contributed by atoms with Crippen molar-refractivity contribution < 1.29 is 14.7 Å². The second-order valence-electron chi connectivity index (χ2n) is 6.58. The molecule has 0 bridgehead atoms. The number of nitrogens with one attached hydrogen (secondary N) is 1. The third-order valence-corrected chi connectivity index (χ3v) is 5.30.